The van der Waals surface area contributed by atoms with Crippen LogP contribution in [0.3, 0.4) is 0 Å². The Morgan fingerprint density at radius 3 is 2.72 bits per heavy atom. The van der Waals surface area contributed by atoms with Crippen LogP contribution in [0.25, 0.3) is 0 Å². The van der Waals surface area contributed by atoms with Gasteiger partial charge in [0.05, 0.1) is 5.02 Å². The van der Waals surface area contributed by atoms with Crippen LogP contribution in [0.5, 0.6) is 0 Å². The van der Waals surface area contributed by atoms with Gasteiger partial charge in [-0.1, -0.05) is 11.6 Å². The van der Waals surface area contributed by atoms with Crippen LogP contribution in [0.4, 0.5) is 11.6 Å². The van der Waals surface area contributed by atoms with Crippen molar-refractivity contribution in [3.63, 3.8) is 0 Å². The number of anilines is 2. The molecule has 0 aliphatic rings. The molecular weight excluding hydrogens is 254 g/mol. The van der Waals surface area contributed by atoms with Gasteiger partial charge in [-0.3, -0.25) is 4.79 Å². The molecule has 2 heterocycles. The molecule has 0 aliphatic carbocycles. The summed E-state index contributed by atoms with van der Waals surface area (Å²) in [7, 11) is 1.72. The summed E-state index contributed by atoms with van der Waals surface area (Å²) in [4.78, 5) is 15.8. The molecule has 0 spiro atoms. The highest BCUT2D eigenvalue weighted by atomic mass is 35.5. The minimum atomic E-state index is -0.411. The molecule has 2 rings (SSSR count). The summed E-state index contributed by atoms with van der Waals surface area (Å²) >= 11 is 5.88. The van der Waals surface area contributed by atoms with Crippen LogP contribution < -0.4 is 10.6 Å². The first-order valence-electron chi connectivity index (χ1n) is 5.14. The molecule has 7 heteroatoms. The Hall–Kier alpha value is -2.21. The zero-order chi connectivity index (χ0) is 13.0. The molecule has 92 valence electrons. The van der Waals surface area contributed by atoms with Gasteiger partial charge >= 0.3 is 0 Å². The Labute approximate surface area is 108 Å². The third kappa shape index (κ3) is 2.72. The lowest BCUT2D eigenvalue weighted by molar-refractivity contribution is 0.102. The molecule has 2 aromatic rings. The van der Waals surface area contributed by atoms with Crippen molar-refractivity contribution in [2.75, 3.05) is 17.7 Å². The number of nitrogens with one attached hydrogen (secondary N) is 2. The van der Waals surface area contributed by atoms with E-state index in [-0.39, 0.29) is 5.69 Å². The predicted molar refractivity (Wildman–Crippen MR) is 68.8 cm³/mol. The van der Waals surface area contributed by atoms with E-state index in [1.807, 2.05) is 0 Å². The maximum absolute atomic E-state index is 11.8. The number of nitrogens with zero attached hydrogens (tertiary/aromatic N) is 3. The Kier molecular flexibility index (Phi) is 3.69. The molecular formula is C11H10ClN5O. The summed E-state index contributed by atoms with van der Waals surface area (Å²) < 4.78 is 0. The third-order valence-corrected chi connectivity index (χ3v) is 2.45. The van der Waals surface area contributed by atoms with Gasteiger partial charge in [0.15, 0.2) is 11.5 Å². The molecule has 0 fully saturated rings. The van der Waals surface area contributed by atoms with E-state index in [1.165, 1.54) is 6.20 Å². The van der Waals surface area contributed by atoms with Gasteiger partial charge in [0.25, 0.3) is 5.91 Å². The Balaban J connectivity index is 2.14. The monoisotopic (exact) mass is 263 g/mol. The lowest BCUT2D eigenvalue weighted by atomic mass is 10.3. The summed E-state index contributed by atoms with van der Waals surface area (Å²) in [6.45, 7) is 0. The first kappa shape index (κ1) is 12.3. The zero-order valence-electron chi connectivity index (χ0n) is 9.51. The van der Waals surface area contributed by atoms with Crippen LogP contribution in [-0.2, 0) is 0 Å². The normalized spacial score (nSPS) is 9.89. The molecule has 2 N–H and O–H groups in total. The SMILES string of the molecule is CNc1ccc(C(=O)Nc2ncccc2Cl)nn1. The molecule has 0 radical (unpaired) electrons. The number of aromatic nitrogens is 3. The van der Waals surface area contributed by atoms with Crippen molar-refractivity contribution in [3.05, 3.63) is 41.2 Å². The summed E-state index contributed by atoms with van der Waals surface area (Å²) in [6, 6.07) is 6.53. The Morgan fingerprint density at radius 2 is 2.11 bits per heavy atom. The molecule has 0 bridgehead atoms. The average molecular weight is 264 g/mol. The molecule has 0 aromatic carbocycles. The van der Waals surface area contributed by atoms with Gasteiger partial charge < -0.3 is 10.6 Å². The highest BCUT2D eigenvalue weighted by molar-refractivity contribution is 6.33. The minimum Gasteiger partial charge on any atom is -0.372 e. The van der Waals surface area contributed by atoms with Crippen molar-refractivity contribution < 1.29 is 4.79 Å². The van der Waals surface area contributed by atoms with E-state index in [0.29, 0.717) is 16.7 Å². The summed E-state index contributed by atoms with van der Waals surface area (Å²) in [6.07, 6.45) is 1.54. The van der Waals surface area contributed by atoms with Crippen molar-refractivity contribution in [3.8, 4) is 0 Å². The maximum Gasteiger partial charge on any atom is 0.277 e. The van der Waals surface area contributed by atoms with Crippen LogP contribution in [-0.4, -0.2) is 28.1 Å². The molecule has 18 heavy (non-hydrogen) atoms. The smallest absolute Gasteiger partial charge is 0.277 e. The van der Waals surface area contributed by atoms with Crippen molar-refractivity contribution in [1.82, 2.24) is 15.2 Å². The van der Waals surface area contributed by atoms with Crippen LogP contribution >= 0.6 is 11.6 Å². The van der Waals surface area contributed by atoms with Crippen LogP contribution in [0, 0.1) is 0 Å². The van der Waals surface area contributed by atoms with Gasteiger partial charge in [0, 0.05) is 13.2 Å². The molecule has 0 saturated carbocycles. The first-order valence-corrected chi connectivity index (χ1v) is 5.52. The van der Waals surface area contributed by atoms with Crippen molar-refractivity contribution >= 4 is 29.1 Å². The van der Waals surface area contributed by atoms with Gasteiger partial charge in [0.1, 0.15) is 5.82 Å². The van der Waals surface area contributed by atoms with Gasteiger partial charge in [-0.15, -0.1) is 10.2 Å². The number of halogens is 1. The van der Waals surface area contributed by atoms with Crippen molar-refractivity contribution in [1.29, 1.82) is 0 Å². The van der Waals surface area contributed by atoms with E-state index in [9.17, 15) is 4.79 Å². The van der Waals surface area contributed by atoms with Crippen LogP contribution in [0.15, 0.2) is 30.5 Å². The number of hydrogen-bond donors (Lipinski definition) is 2. The molecule has 0 atom stereocenters. The van der Waals surface area contributed by atoms with Gasteiger partial charge in [-0.25, -0.2) is 4.98 Å². The number of hydrogen-bond acceptors (Lipinski definition) is 5. The summed E-state index contributed by atoms with van der Waals surface area (Å²) in [5, 5.41) is 13.3. The lowest BCUT2D eigenvalue weighted by Gasteiger charge is -2.05. The quantitative estimate of drug-likeness (QED) is 0.883. The fourth-order valence-corrected chi connectivity index (χ4v) is 1.40. The minimum absolute atomic E-state index is 0.190. The fourth-order valence-electron chi connectivity index (χ4n) is 1.24. The lowest BCUT2D eigenvalue weighted by Crippen LogP contribution is -2.15. The zero-order valence-corrected chi connectivity index (χ0v) is 10.3. The molecule has 6 nitrogen and oxygen atoms in total. The van der Waals surface area contributed by atoms with E-state index in [4.69, 9.17) is 11.6 Å². The van der Waals surface area contributed by atoms with Gasteiger partial charge in [-0.2, -0.15) is 0 Å². The third-order valence-electron chi connectivity index (χ3n) is 2.14. The highest BCUT2D eigenvalue weighted by Crippen LogP contribution is 2.17. The van der Waals surface area contributed by atoms with Crippen molar-refractivity contribution in [2.45, 2.75) is 0 Å². The topological polar surface area (TPSA) is 79.8 Å². The average Bonchev–Trinajstić information content (AvgIpc) is 2.41. The second-order valence-electron chi connectivity index (χ2n) is 3.34. The molecule has 2 aromatic heterocycles. The Morgan fingerprint density at radius 1 is 1.28 bits per heavy atom. The number of rotatable bonds is 3. The molecule has 0 aliphatic heterocycles. The Bertz CT molecular complexity index is 558. The second-order valence-corrected chi connectivity index (χ2v) is 3.75. The number of carbonyl (C=O) groups is 1. The molecule has 0 unspecified atom stereocenters. The fraction of sp³-hybridized carbons (Fsp3) is 0.0909. The van der Waals surface area contributed by atoms with E-state index in [1.54, 1.807) is 31.3 Å². The standard InChI is InChI=1S/C11H10ClN5O/c1-13-9-5-4-8(16-17-9)11(18)15-10-7(12)3-2-6-14-10/h2-6H,1H3,(H,13,17)(H,14,15,18). The molecule has 1 amide bonds. The second kappa shape index (κ2) is 5.42. The molecule has 0 saturated heterocycles. The van der Waals surface area contributed by atoms with E-state index >= 15 is 0 Å². The predicted octanol–water partition coefficient (Wildman–Crippen LogP) is 1.82. The van der Waals surface area contributed by atoms with Gasteiger partial charge in [0.2, 0.25) is 0 Å². The highest BCUT2D eigenvalue weighted by Gasteiger charge is 2.10. The van der Waals surface area contributed by atoms with Crippen LogP contribution in [0.1, 0.15) is 10.5 Å². The summed E-state index contributed by atoms with van der Waals surface area (Å²) in [5.74, 6) is 0.469. The van der Waals surface area contributed by atoms with Gasteiger partial charge in [-0.05, 0) is 24.3 Å². The van der Waals surface area contributed by atoms with E-state index < -0.39 is 5.91 Å². The number of pyridine rings is 1. The van der Waals surface area contributed by atoms with E-state index in [0.717, 1.165) is 0 Å². The van der Waals surface area contributed by atoms with Crippen molar-refractivity contribution in [2.24, 2.45) is 0 Å². The van der Waals surface area contributed by atoms with Crippen LogP contribution in [0.2, 0.25) is 5.02 Å². The summed E-state index contributed by atoms with van der Waals surface area (Å²) in [5.41, 5.74) is 0.190. The maximum atomic E-state index is 11.8. The van der Waals surface area contributed by atoms with E-state index in [2.05, 4.69) is 25.8 Å². The largest absolute Gasteiger partial charge is 0.372 e. The first-order chi connectivity index (χ1) is 8.70. The number of amides is 1. The number of carbonyl (C=O) groups excluding carboxylic acids is 1.